The van der Waals surface area contributed by atoms with Crippen molar-refractivity contribution >= 4 is 29.2 Å². The zero-order valence-electron chi connectivity index (χ0n) is 11.0. The van der Waals surface area contributed by atoms with Gasteiger partial charge in [-0.15, -0.1) is 0 Å². The second-order valence-corrected chi connectivity index (χ2v) is 4.48. The summed E-state index contributed by atoms with van der Waals surface area (Å²) in [5.74, 6) is -1.12. The maximum Gasteiger partial charge on any atom is 0.339 e. The average molecular weight is 307 g/mol. The van der Waals surface area contributed by atoms with Crippen molar-refractivity contribution in [2.24, 2.45) is 0 Å². The predicted molar refractivity (Wildman–Crippen MR) is 77.8 cm³/mol. The maximum absolute atomic E-state index is 12.0. The Kier molecular flexibility index (Phi) is 4.39. The quantitative estimate of drug-likeness (QED) is 0.850. The molecule has 0 unspecified atom stereocenters. The Morgan fingerprint density at radius 3 is 2.67 bits per heavy atom. The van der Waals surface area contributed by atoms with E-state index in [1.54, 1.807) is 0 Å². The van der Waals surface area contributed by atoms with Gasteiger partial charge < -0.3 is 15.0 Å². The van der Waals surface area contributed by atoms with Crippen LogP contribution >= 0.6 is 11.6 Å². The van der Waals surface area contributed by atoms with E-state index in [1.807, 2.05) is 0 Å². The summed E-state index contributed by atoms with van der Waals surface area (Å²) in [5.41, 5.74) is 0.221. The van der Waals surface area contributed by atoms with Gasteiger partial charge in [0, 0.05) is 11.8 Å². The Morgan fingerprint density at radius 2 is 2.00 bits per heavy atom. The fourth-order valence-corrected chi connectivity index (χ4v) is 1.84. The third-order valence-corrected chi connectivity index (χ3v) is 2.97. The second kappa shape index (κ2) is 6.23. The SMILES string of the molecule is COC(=O)c1cc(NC(=O)c2cccc(=O)[nH]2)ccc1Cl. The lowest BCUT2D eigenvalue weighted by Crippen LogP contribution is -2.18. The van der Waals surface area contributed by atoms with E-state index in [1.165, 1.54) is 43.5 Å². The molecule has 0 aliphatic heterocycles. The highest BCUT2D eigenvalue weighted by molar-refractivity contribution is 6.33. The number of aromatic amines is 1. The van der Waals surface area contributed by atoms with Crippen LogP contribution in [0.2, 0.25) is 5.02 Å². The first kappa shape index (κ1) is 14.8. The van der Waals surface area contributed by atoms with Gasteiger partial charge in [-0.25, -0.2) is 4.79 Å². The van der Waals surface area contributed by atoms with Crippen LogP contribution in [0.15, 0.2) is 41.2 Å². The average Bonchev–Trinajstić information content (AvgIpc) is 2.48. The number of hydrogen-bond donors (Lipinski definition) is 2. The summed E-state index contributed by atoms with van der Waals surface area (Å²) in [6.07, 6.45) is 0. The number of ether oxygens (including phenoxy) is 1. The molecule has 7 heteroatoms. The lowest BCUT2D eigenvalue weighted by molar-refractivity contribution is 0.0600. The van der Waals surface area contributed by atoms with Crippen LogP contribution in [0.25, 0.3) is 0 Å². The molecule has 0 saturated carbocycles. The first-order valence-electron chi connectivity index (χ1n) is 5.90. The first-order chi connectivity index (χ1) is 10.0. The van der Waals surface area contributed by atoms with E-state index in [-0.39, 0.29) is 21.8 Å². The Balaban J connectivity index is 2.26. The van der Waals surface area contributed by atoms with E-state index < -0.39 is 11.9 Å². The van der Waals surface area contributed by atoms with E-state index in [0.29, 0.717) is 5.69 Å². The van der Waals surface area contributed by atoms with Gasteiger partial charge in [-0.05, 0) is 24.3 Å². The molecule has 1 amide bonds. The van der Waals surface area contributed by atoms with E-state index >= 15 is 0 Å². The minimum absolute atomic E-state index is 0.108. The van der Waals surface area contributed by atoms with Crippen LogP contribution in [0.5, 0.6) is 0 Å². The third kappa shape index (κ3) is 3.49. The summed E-state index contributed by atoms with van der Waals surface area (Å²) in [4.78, 5) is 37.1. The molecule has 0 atom stereocenters. The summed E-state index contributed by atoms with van der Waals surface area (Å²) in [6.45, 7) is 0. The van der Waals surface area contributed by atoms with Crippen molar-refractivity contribution in [2.45, 2.75) is 0 Å². The number of H-pyrrole nitrogens is 1. The highest BCUT2D eigenvalue weighted by Crippen LogP contribution is 2.21. The van der Waals surface area contributed by atoms with Crippen molar-refractivity contribution < 1.29 is 14.3 Å². The molecule has 0 aliphatic carbocycles. The minimum atomic E-state index is -0.607. The lowest BCUT2D eigenvalue weighted by atomic mass is 10.2. The van der Waals surface area contributed by atoms with E-state index in [2.05, 4.69) is 15.0 Å². The van der Waals surface area contributed by atoms with Crippen molar-refractivity contribution in [1.82, 2.24) is 4.98 Å². The van der Waals surface area contributed by atoms with E-state index in [9.17, 15) is 14.4 Å². The Labute approximate surface area is 124 Å². The molecule has 2 rings (SSSR count). The number of halogens is 1. The van der Waals surface area contributed by atoms with Crippen LogP contribution in [-0.4, -0.2) is 24.0 Å². The Hall–Kier alpha value is -2.60. The zero-order chi connectivity index (χ0) is 15.4. The van der Waals surface area contributed by atoms with Crippen molar-refractivity contribution in [3.63, 3.8) is 0 Å². The first-order valence-corrected chi connectivity index (χ1v) is 6.27. The number of carbonyl (C=O) groups excluding carboxylic acids is 2. The highest BCUT2D eigenvalue weighted by atomic mass is 35.5. The smallest absolute Gasteiger partial charge is 0.339 e. The molecule has 2 N–H and O–H groups in total. The molecule has 1 heterocycles. The maximum atomic E-state index is 12.0. The van der Waals surface area contributed by atoms with Crippen LogP contribution < -0.4 is 10.9 Å². The van der Waals surface area contributed by atoms with Gasteiger partial charge in [0.05, 0.1) is 17.7 Å². The Morgan fingerprint density at radius 1 is 1.24 bits per heavy atom. The van der Waals surface area contributed by atoms with Gasteiger partial charge in [0.2, 0.25) is 5.56 Å². The molecule has 0 fully saturated rings. The van der Waals surface area contributed by atoms with Crippen LogP contribution in [0.3, 0.4) is 0 Å². The summed E-state index contributed by atoms with van der Waals surface area (Å²) in [5, 5.41) is 2.77. The molecule has 0 spiro atoms. The zero-order valence-corrected chi connectivity index (χ0v) is 11.7. The summed E-state index contributed by atoms with van der Waals surface area (Å²) < 4.78 is 4.59. The van der Waals surface area contributed by atoms with Crippen LogP contribution in [0.4, 0.5) is 5.69 Å². The standard InChI is InChI=1S/C14H11ClN2O4/c1-21-14(20)9-7-8(5-6-10(9)15)16-13(19)11-3-2-4-12(18)17-11/h2-7H,1H3,(H,16,19)(H,17,18). The van der Waals surface area contributed by atoms with Crippen LogP contribution in [0, 0.1) is 0 Å². The number of anilines is 1. The van der Waals surface area contributed by atoms with Gasteiger partial charge in [0.15, 0.2) is 0 Å². The van der Waals surface area contributed by atoms with Gasteiger partial charge >= 0.3 is 5.97 Å². The van der Waals surface area contributed by atoms with Gasteiger partial charge in [0.25, 0.3) is 5.91 Å². The van der Waals surface area contributed by atoms with Gasteiger partial charge in [-0.1, -0.05) is 17.7 Å². The fourth-order valence-electron chi connectivity index (χ4n) is 1.65. The molecule has 108 valence electrons. The number of hydrogen-bond acceptors (Lipinski definition) is 4. The summed E-state index contributed by atoms with van der Waals surface area (Å²) >= 11 is 5.88. The molecule has 2 aromatic rings. The minimum Gasteiger partial charge on any atom is -0.465 e. The molecule has 0 radical (unpaired) electrons. The highest BCUT2D eigenvalue weighted by Gasteiger charge is 2.13. The number of carbonyl (C=O) groups is 2. The number of rotatable bonds is 3. The molecule has 6 nitrogen and oxygen atoms in total. The predicted octanol–water partition coefficient (Wildman–Crippen LogP) is 2.07. The number of benzene rings is 1. The van der Waals surface area contributed by atoms with E-state index in [4.69, 9.17) is 11.6 Å². The normalized spacial score (nSPS) is 10.0. The van der Waals surface area contributed by atoms with Gasteiger partial charge in [0.1, 0.15) is 5.69 Å². The monoisotopic (exact) mass is 306 g/mol. The van der Waals surface area contributed by atoms with E-state index in [0.717, 1.165) is 0 Å². The number of amides is 1. The molecule has 0 aliphatic rings. The molecular weight excluding hydrogens is 296 g/mol. The largest absolute Gasteiger partial charge is 0.465 e. The number of methoxy groups -OCH3 is 1. The fraction of sp³-hybridized carbons (Fsp3) is 0.0714. The van der Waals surface area contributed by atoms with Crippen molar-refractivity contribution in [1.29, 1.82) is 0 Å². The van der Waals surface area contributed by atoms with Crippen molar-refractivity contribution in [3.8, 4) is 0 Å². The Bertz CT molecular complexity index is 755. The number of esters is 1. The lowest BCUT2D eigenvalue weighted by Gasteiger charge is -2.08. The molecule has 0 saturated heterocycles. The second-order valence-electron chi connectivity index (χ2n) is 4.07. The van der Waals surface area contributed by atoms with Crippen molar-refractivity contribution in [2.75, 3.05) is 12.4 Å². The molecule has 1 aromatic heterocycles. The topological polar surface area (TPSA) is 88.3 Å². The van der Waals surface area contributed by atoms with Crippen LogP contribution in [-0.2, 0) is 4.74 Å². The molecule has 0 bridgehead atoms. The molecule has 1 aromatic carbocycles. The number of nitrogens with one attached hydrogen (secondary N) is 2. The summed E-state index contributed by atoms with van der Waals surface area (Å²) in [7, 11) is 1.23. The summed E-state index contributed by atoms with van der Waals surface area (Å²) in [6, 6.07) is 8.63. The van der Waals surface area contributed by atoms with Gasteiger partial charge in [-0.2, -0.15) is 0 Å². The van der Waals surface area contributed by atoms with Crippen LogP contribution in [0.1, 0.15) is 20.8 Å². The number of aromatic nitrogens is 1. The third-order valence-electron chi connectivity index (χ3n) is 2.64. The van der Waals surface area contributed by atoms with Crippen molar-refractivity contribution in [3.05, 3.63) is 63.0 Å². The van der Waals surface area contributed by atoms with Gasteiger partial charge in [-0.3, -0.25) is 9.59 Å². The number of pyridine rings is 1. The molecule has 21 heavy (non-hydrogen) atoms. The molecular formula is C14H11ClN2O4.